The van der Waals surface area contributed by atoms with Crippen molar-refractivity contribution in [1.82, 2.24) is 20.5 Å². The van der Waals surface area contributed by atoms with E-state index in [2.05, 4.69) is 31.1 Å². The second-order valence-corrected chi connectivity index (χ2v) is 8.46. The Kier molecular flexibility index (Phi) is 6.47. The van der Waals surface area contributed by atoms with E-state index in [1.165, 1.54) is 18.3 Å². The molecule has 36 heavy (non-hydrogen) atoms. The molecule has 5 rings (SSSR count). The molecule has 0 radical (unpaired) electrons. The Morgan fingerprint density at radius 3 is 2.81 bits per heavy atom. The lowest BCUT2D eigenvalue weighted by Gasteiger charge is -2.18. The van der Waals surface area contributed by atoms with Gasteiger partial charge >= 0.3 is 6.18 Å². The van der Waals surface area contributed by atoms with Gasteiger partial charge in [-0.2, -0.15) is 18.3 Å². The summed E-state index contributed by atoms with van der Waals surface area (Å²) in [5.41, 5.74) is 1.00. The van der Waals surface area contributed by atoms with Gasteiger partial charge in [0, 0.05) is 35.1 Å². The van der Waals surface area contributed by atoms with Gasteiger partial charge in [-0.05, 0) is 61.9 Å². The minimum atomic E-state index is -4.59. The molecule has 1 atom stereocenters. The van der Waals surface area contributed by atoms with Crippen LogP contribution in [0.4, 0.5) is 30.4 Å². The zero-order valence-corrected chi connectivity index (χ0v) is 19.0. The van der Waals surface area contributed by atoms with Gasteiger partial charge in [0.25, 0.3) is 5.91 Å². The van der Waals surface area contributed by atoms with E-state index in [1.54, 1.807) is 18.3 Å². The van der Waals surface area contributed by atoms with E-state index in [4.69, 9.17) is 4.74 Å². The molecule has 3 heterocycles. The van der Waals surface area contributed by atoms with E-state index in [1.807, 2.05) is 18.2 Å². The number of carbonyl (C=O) groups excluding carboxylic acids is 1. The van der Waals surface area contributed by atoms with Crippen molar-refractivity contribution in [2.24, 2.45) is 0 Å². The van der Waals surface area contributed by atoms with Gasteiger partial charge in [0.2, 0.25) is 0 Å². The Hall–Kier alpha value is -4.12. The maximum absolute atomic E-state index is 13.5. The van der Waals surface area contributed by atoms with E-state index in [0.29, 0.717) is 11.5 Å². The maximum Gasteiger partial charge on any atom is 0.419 e. The zero-order chi connectivity index (χ0) is 25.1. The van der Waals surface area contributed by atoms with Gasteiger partial charge in [-0.1, -0.05) is 0 Å². The molecule has 186 valence electrons. The summed E-state index contributed by atoms with van der Waals surface area (Å²) in [4.78, 5) is 17.3. The van der Waals surface area contributed by atoms with Crippen LogP contribution in [0.3, 0.4) is 0 Å². The van der Waals surface area contributed by atoms with Gasteiger partial charge < -0.3 is 20.7 Å². The summed E-state index contributed by atoms with van der Waals surface area (Å²) < 4.78 is 46.2. The summed E-state index contributed by atoms with van der Waals surface area (Å²) in [5.74, 6) is -0.563. The Bertz CT molecular complexity index is 1380. The molecule has 1 unspecified atom stereocenters. The summed E-state index contributed by atoms with van der Waals surface area (Å²) in [7, 11) is 0. The largest absolute Gasteiger partial charge is 0.491 e. The predicted octanol–water partition coefficient (Wildman–Crippen LogP) is 5.10. The molecule has 0 saturated carbocycles. The van der Waals surface area contributed by atoms with E-state index in [0.717, 1.165) is 36.4 Å². The number of hydrogen-bond donors (Lipinski definition) is 4. The van der Waals surface area contributed by atoms with Gasteiger partial charge in [0.1, 0.15) is 18.2 Å². The molecule has 1 amide bonds. The summed E-state index contributed by atoms with van der Waals surface area (Å²) >= 11 is 0. The molecule has 2 aromatic heterocycles. The molecule has 0 aliphatic carbocycles. The van der Waals surface area contributed by atoms with Crippen molar-refractivity contribution in [1.29, 1.82) is 0 Å². The highest BCUT2D eigenvalue weighted by Crippen LogP contribution is 2.38. The van der Waals surface area contributed by atoms with Crippen LogP contribution in [0.2, 0.25) is 0 Å². The van der Waals surface area contributed by atoms with Crippen LogP contribution in [0.25, 0.3) is 10.9 Å². The maximum atomic E-state index is 13.5. The normalized spacial score (nSPS) is 15.7. The Morgan fingerprint density at radius 1 is 1.14 bits per heavy atom. The molecule has 0 bridgehead atoms. The Balaban J connectivity index is 1.35. The van der Waals surface area contributed by atoms with Gasteiger partial charge in [0.05, 0.1) is 22.8 Å². The highest BCUT2D eigenvalue weighted by atomic mass is 19.4. The second kappa shape index (κ2) is 9.86. The highest BCUT2D eigenvalue weighted by molar-refractivity contribution is 6.08. The fraction of sp³-hybridized carbons (Fsp3) is 0.240. The van der Waals surface area contributed by atoms with Crippen LogP contribution in [-0.4, -0.2) is 40.3 Å². The summed E-state index contributed by atoms with van der Waals surface area (Å²) in [5, 5.41) is 16.8. The summed E-state index contributed by atoms with van der Waals surface area (Å²) in [6.07, 6.45) is 0.437. The number of pyridine rings is 1. The van der Waals surface area contributed by atoms with E-state index in [9.17, 15) is 18.0 Å². The number of alkyl halides is 3. The van der Waals surface area contributed by atoms with Crippen molar-refractivity contribution in [3.63, 3.8) is 0 Å². The molecule has 1 aliphatic rings. The van der Waals surface area contributed by atoms with E-state index in [-0.39, 0.29) is 29.6 Å². The smallest absolute Gasteiger partial charge is 0.419 e. The van der Waals surface area contributed by atoms with Crippen molar-refractivity contribution in [2.45, 2.75) is 25.1 Å². The molecule has 11 heteroatoms. The predicted molar refractivity (Wildman–Crippen MR) is 130 cm³/mol. The average Bonchev–Trinajstić information content (AvgIpc) is 3.54. The van der Waals surface area contributed by atoms with Crippen molar-refractivity contribution >= 4 is 34.0 Å². The Morgan fingerprint density at radius 2 is 2.00 bits per heavy atom. The van der Waals surface area contributed by atoms with Crippen molar-refractivity contribution < 1.29 is 22.7 Å². The van der Waals surface area contributed by atoms with Crippen LogP contribution in [0.5, 0.6) is 5.75 Å². The number of nitrogens with zero attached hydrogens (tertiary/aromatic N) is 2. The highest BCUT2D eigenvalue weighted by Gasteiger charge is 2.35. The summed E-state index contributed by atoms with van der Waals surface area (Å²) in [6.45, 7) is 0.922. The molecule has 4 aromatic rings. The van der Waals surface area contributed by atoms with Gasteiger partial charge in [-0.3, -0.25) is 9.89 Å². The third kappa shape index (κ3) is 5.25. The third-order valence-corrected chi connectivity index (χ3v) is 5.90. The summed E-state index contributed by atoms with van der Waals surface area (Å²) in [6, 6.07) is 12.0. The molecule has 1 saturated heterocycles. The lowest BCUT2D eigenvalue weighted by atomic mass is 10.1. The number of aromatic amines is 1. The van der Waals surface area contributed by atoms with E-state index >= 15 is 0 Å². The lowest BCUT2D eigenvalue weighted by molar-refractivity contribution is -0.139. The first-order valence-corrected chi connectivity index (χ1v) is 11.4. The molecule has 4 N–H and O–H groups in total. The average molecular weight is 496 g/mol. The van der Waals surface area contributed by atoms with Gasteiger partial charge in [-0.15, -0.1) is 0 Å². The fourth-order valence-electron chi connectivity index (χ4n) is 4.08. The molecule has 0 spiro atoms. The molecule has 2 aromatic carbocycles. The standard InChI is InChI=1S/C25H23F3N6O2/c26-25(27,28)20-8-7-17(12-22(20)36-14-18-3-1-9-29-18)33-24(35)19-4-2-10-30-23(19)32-16-6-5-15-13-31-34-21(15)11-16/h2,4-8,10-13,18,29H,1,3,9,14H2,(H,30,32)(H,31,34)(H,33,35). The number of anilines is 3. The van der Waals surface area contributed by atoms with Crippen LogP contribution in [0.15, 0.2) is 60.9 Å². The zero-order valence-electron chi connectivity index (χ0n) is 19.0. The number of halogens is 3. The van der Waals surface area contributed by atoms with Crippen LogP contribution in [0, 0.1) is 0 Å². The monoisotopic (exact) mass is 496 g/mol. The second-order valence-electron chi connectivity index (χ2n) is 8.46. The number of H-pyrrole nitrogens is 1. The number of fused-ring (bicyclic) bond motifs is 1. The molecular formula is C25H23F3N6O2. The van der Waals surface area contributed by atoms with Crippen LogP contribution >= 0.6 is 0 Å². The first-order valence-electron chi connectivity index (χ1n) is 11.4. The number of hydrogen-bond acceptors (Lipinski definition) is 6. The minimum Gasteiger partial charge on any atom is -0.491 e. The number of ether oxygens (including phenoxy) is 1. The molecule has 1 fully saturated rings. The Labute approximate surface area is 204 Å². The van der Waals surface area contributed by atoms with Crippen LogP contribution in [0.1, 0.15) is 28.8 Å². The van der Waals surface area contributed by atoms with Gasteiger partial charge in [-0.25, -0.2) is 4.98 Å². The quantitative estimate of drug-likeness (QED) is 0.284. The first-order chi connectivity index (χ1) is 17.4. The van der Waals surface area contributed by atoms with Crippen LogP contribution in [-0.2, 0) is 6.18 Å². The number of carbonyl (C=O) groups is 1. The fourth-order valence-corrected chi connectivity index (χ4v) is 4.08. The van der Waals surface area contributed by atoms with Gasteiger partial charge in [0.15, 0.2) is 0 Å². The molecule has 1 aliphatic heterocycles. The SMILES string of the molecule is O=C(Nc1ccc(C(F)(F)F)c(OCC2CCCN2)c1)c1cccnc1Nc1ccc2cn[nH]c2c1. The number of rotatable bonds is 7. The lowest BCUT2D eigenvalue weighted by Crippen LogP contribution is -2.28. The van der Waals surface area contributed by atoms with Crippen molar-refractivity contribution in [2.75, 3.05) is 23.8 Å². The molecular weight excluding hydrogens is 473 g/mol. The minimum absolute atomic E-state index is 0.00524. The number of amides is 1. The number of aromatic nitrogens is 3. The molecule has 8 nitrogen and oxygen atoms in total. The number of benzene rings is 2. The van der Waals surface area contributed by atoms with Crippen molar-refractivity contribution in [3.8, 4) is 5.75 Å². The van der Waals surface area contributed by atoms with Crippen LogP contribution < -0.4 is 20.7 Å². The van der Waals surface area contributed by atoms with Crippen molar-refractivity contribution in [3.05, 3.63) is 72.1 Å². The number of nitrogens with one attached hydrogen (secondary N) is 4. The van der Waals surface area contributed by atoms with E-state index < -0.39 is 17.6 Å². The first kappa shape index (κ1) is 23.6. The third-order valence-electron chi connectivity index (χ3n) is 5.90. The topological polar surface area (TPSA) is 104 Å².